The van der Waals surface area contributed by atoms with E-state index < -0.39 is 16.1 Å². The van der Waals surface area contributed by atoms with Gasteiger partial charge < -0.3 is 5.11 Å². The molecule has 0 heterocycles. The molecule has 0 radical (unpaired) electrons. The highest BCUT2D eigenvalue weighted by atomic mass is 35.5. The van der Waals surface area contributed by atoms with E-state index in [1.54, 1.807) is 18.2 Å². The summed E-state index contributed by atoms with van der Waals surface area (Å²) in [4.78, 5) is 0.134. The van der Waals surface area contributed by atoms with E-state index in [2.05, 4.69) is 0 Å². The first-order chi connectivity index (χ1) is 8.98. The van der Waals surface area contributed by atoms with Crippen molar-refractivity contribution in [3.63, 3.8) is 0 Å². The Balaban J connectivity index is 3.06. The van der Waals surface area contributed by atoms with Crippen LogP contribution in [-0.4, -0.2) is 30.0 Å². The van der Waals surface area contributed by atoms with Crippen LogP contribution < -0.4 is 0 Å². The van der Waals surface area contributed by atoms with Crippen LogP contribution in [0.1, 0.15) is 26.7 Å². The molecule has 6 heteroatoms. The minimum atomic E-state index is -3.78. The SMILES string of the molecule is CCC(CC)C(CO)N(Cl)S(=O)(=O)c1ccccc1. The third-order valence-electron chi connectivity index (χ3n) is 3.31. The highest BCUT2D eigenvalue weighted by Crippen LogP contribution is 2.26. The molecular formula is C13H20ClNO3S. The molecule has 0 saturated carbocycles. The third-order valence-corrected chi connectivity index (χ3v) is 5.71. The molecule has 19 heavy (non-hydrogen) atoms. The van der Waals surface area contributed by atoms with Crippen LogP contribution in [0.2, 0.25) is 0 Å². The summed E-state index contributed by atoms with van der Waals surface area (Å²) in [7, 11) is -3.78. The van der Waals surface area contributed by atoms with Crippen LogP contribution in [-0.2, 0) is 10.0 Å². The molecule has 1 unspecified atom stereocenters. The summed E-state index contributed by atoms with van der Waals surface area (Å²) in [6, 6.07) is 7.40. The minimum Gasteiger partial charge on any atom is -0.395 e. The van der Waals surface area contributed by atoms with Gasteiger partial charge in [0.15, 0.2) is 0 Å². The van der Waals surface area contributed by atoms with Gasteiger partial charge in [-0.25, -0.2) is 8.42 Å². The first kappa shape index (κ1) is 16.4. The van der Waals surface area contributed by atoms with E-state index in [0.29, 0.717) is 0 Å². The first-order valence-corrected chi connectivity index (χ1v) is 8.12. The van der Waals surface area contributed by atoms with Crippen molar-refractivity contribution in [3.8, 4) is 0 Å². The number of benzene rings is 1. The molecule has 0 saturated heterocycles. The monoisotopic (exact) mass is 305 g/mol. The highest BCUT2D eigenvalue weighted by molar-refractivity contribution is 7.90. The second kappa shape index (κ2) is 7.24. The molecule has 1 aromatic carbocycles. The van der Waals surface area contributed by atoms with Gasteiger partial charge in [-0.05, 0) is 29.8 Å². The second-order valence-corrected chi connectivity index (χ2v) is 6.77. The number of sulfonamides is 1. The van der Waals surface area contributed by atoms with Gasteiger partial charge in [-0.1, -0.05) is 44.9 Å². The van der Waals surface area contributed by atoms with Gasteiger partial charge in [-0.2, -0.15) is 0 Å². The Bertz CT molecular complexity index is 474. The van der Waals surface area contributed by atoms with Crippen molar-refractivity contribution in [2.24, 2.45) is 5.92 Å². The second-order valence-electron chi connectivity index (χ2n) is 4.39. The zero-order chi connectivity index (χ0) is 14.5. The van der Waals surface area contributed by atoms with E-state index in [0.717, 1.165) is 16.7 Å². The fourth-order valence-electron chi connectivity index (χ4n) is 2.08. The molecule has 0 fully saturated rings. The van der Waals surface area contributed by atoms with Crippen LogP contribution in [0.5, 0.6) is 0 Å². The fourth-order valence-corrected chi connectivity index (χ4v) is 3.84. The molecule has 4 nitrogen and oxygen atoms in total. The molecule has 108 valence electrons. The maximum Gasteiger partial charge on any atom is 0.256 e. The molecule has 0 aliphatic rings. The van der Waals surface area contributed by atoms with Crippen LogP contribution in [0.15, 0.2) is 35.2 Å². The van der Waals surface area contributed by atoms with Crippen LogP contribution in [0, 0.1) is 5.92 Å². The van der Waals surface area contributed by atoms with Gasteiger partial charge >= 0.3 is 0 Å². The predicted molar refractivity (Wildman–Crippen MR) is 76.3 cm³/mol. The fraction of sp³-hybridized carbons (Fsp3) is 0.538. The van der Waals surface area contributed by atoms with Gasteiger partial charge in [-0.3, -0.25) is 0 Å². The first-order valence-electron chi connectivity index (χ1n) is 6.35. The summed E-state index contributed by atoms with van der Waals surface area (Å²) >= 11 is 6.01. The molecule has 1 rings (SSSR count). The van der Waals surface area contributed by atoms with Gasteiger partial charge in [0.25, 0.3) is 10.0 Å². The quantitative estimate of drug-likeness (QED) is 0.788. The van der Waals surface area contributed by atoms with E-state index in [4.69, 9.17) is 11.8 Å². The van der Waals surface area contributed by atoms with Crippen molar-refractivity contribution in [2.45, 2.75) is 37.6 Å². The van der Waals surface area contributed by atoms with Crippen molar-refractivity contribution in [2.75, 3.05) is 6.61 Å². The molecule has 1 atom stereocenters. The van der Waals surface area contributed by atoms with Gasteiger partial charge in [0.2, 0.25) is 0 Å². The summed E-state index contributed by atoms with van der Waals surface area (Å²) in [5, 5.41) is 9.45. The van der Waals surface area contributed by atoms with Crippen molar-refractivity contribution in [3.05, 3.63) is 30.3 Å². The summed E-state index contributed by atoms with van der Waals surface area (Å²) in [5.74, 6) is 0.0287. The molecular weight excluding hydrogens is 286 g/mol. The van der Waals surface area contributed by atoms with E-state index in [-0.39, 0.29) is 17.4 Å². The van der Waals surface area contributed by atoms with Crippen LogP contribution in [0.4, 0.5) is 0 Å². The van der Waals surface area contributed by atoms with Crippen LogP contribution in [0.3, 0.4) is 0 Å². The smallest absolute Gasteiger partial charge is 0.256 e. The lowest BCUT2D eigenvalue weighted by Crippen LogP contribution is -2.40. The van der Waals surface area contributed by atoms with E-state index in [1.165, 1.54) is 12.1 Å². The highest BCUT2D eigenvalue weighted by Gasteiger charge is 2.33. The van der Waals surface area contributed by atoms with E-state index in [1.807, 2.05) is 13.8 Å². The molecule has 0 aliphatic heterocycles. The number of hydrogen-bond donors (Lipinski definition) is 1. The van der Waals surface area contributed by atoms with Crippen molar-refractivity contribution < 1.29 is 13.5 Å². The number of nitrogens with zero attached hydrogens (tertiary/aromatic N) is 1. The number of aliphatic hydroxyl groups excluding tert-OH is 1. The van der Waals surface area contributed by atoms with Crippen LogP contribution in [0.25, 0.3) is 0 Å². The lowest BCUT2D eigenvalue weighted by Gasteiger charge is -2.29. The lowest BCUT2D eigenvalue weighted by molar-refractivity contribution is 0.173. The normalized spacial score (nSPS) is 14.0. The molecule has 1 aromatic rings. The average Bonchev–Trinajstić information content (AvgIpc) is 2.44. The van der Waals surface area contributed by atoms with Gasteiger partial charge in [0.05, 0.1) is 17.5 Å². The summed E-state index contributed by atoms with van der Waals surface area (Å²) in [6.45, 7) is 3.62. The average molecular weight is 306 g/mol. The number of aliphatic hydroxyl groups is 1. The topological polar surface area (TPSA) is 57.6 Å². The predicted octanol–water partition coefficient (Wildman–Crippen LogP) is 2.63. The van der Waals surface area contributed by atoms with Gasteiger partial charge in [-0.15, -0.1) is 3.82 Å². The maximum absolute atomic E-state index is 12.4. The van der Waals surface area contributed by atoms with Crippen molar-refractivity contribution >= 4 is 21.8 Å². The van der Waals surface area contributed by atoms with Crippen molar-refractivity contribution in [1.82, 2.24) is 3.82 Å². The Morgan fingerprint density at radius 2 is 1.74 bits per heavy atom. The van der Waals surface area contributed by atoms with E-state index in [9.17, 15) is 13.5 Å². The standard InChI is InChI=1S/C13H20ClNO3S/c1-3-11(4-2)13(10-16)15(14)19(17,18)12-8-6-5-7-9-12/h5-9,11,13,16H,3-4,10H2,1-2H3. The Hall–Kier alpha value is -0.620. The zero-order valence-electron chi connectivity index (χ0n) is 11.2. The molecule has 0 bridgehead atoms. The lowest BCUT2D eigenvalue weighted by atomic mass is 9.96. The number of rotatable bonds is 7. The molecule has 1 N–H and O–H groups in total. The molecule has 0 spiro atoms. The number of hydrogen-bond acceptors (Lipinski definition) is 3. The Morgan fingerprint density at radius 3 is 2.16 bits per heavy atom. The summed E-state index contributed by atoms with van der Waals surface area (Å²) < 4.78 is 25.5. The van der Waals surface area contributed by atoms with Gasteiger partial charge in [0, 0.05) is 0 Å². The third kappa shape index (κ3) is 3.69. The Morgan fingerprint density at radius 1 is 1.21 bits per heavy atom. The molecule has 0 amide bonds. The van der Waals surface area contributed by atoms with Crippen LogP contribution >= 0.6 is 11.8 Å². The summed E-state index contributed by atoms with van der Waals surface area (Å²) in [6.07, 6.45) is 1.52. The zero-order valence-corrected chi connectivity index (χ0v) is 12.7. The number of halogens is 1. The maximum atomic E-state index is 12.4. The molecule has 0 aromatic heterocycles. The Kier molecular flexibility index (Phi) is 6.26. The molecule has 0 aliphatic carbocycles. The van der Waals surface area contributed by atoms with E-state index >= 15 is 0 Å². The van der Waals surface area contributed by atoms with Crippen molar-refractivity contribution in [1.29, 1.82) is 0 Å². The largest absolute Gasteiger partial charge is 0.395 e. The van der Waals surface area contributed by atoms with Gasteiger partial charge in [0.1, 0.15) is 0 Å². The minimum absolute atomic E-state index is 0.0287. The Labute approximate surface area is 120 Å². The summed E-state index contributed by atoms with van der Waals surface area (Å²) in [5.41, 5.74) is 0.